The van der Waals surface area contributed by atoms with Gasteiger partial charge in [0.25, 0.3) is 0 Å². The number of thiophene rings is 1. The molecule has 0 aliphatic heterocycles. The van der Waals surface area contributed by atoms with E-state index in [0.717, 1.165) is 11.4 Å². The zero-order chi connectivity index (χ0) is 38.4. The van der Waals surface area contributed by atoms with E-state index in [4.69, 9.17) is 0 Å². The fraction of sp³-hybridized carbons (Fsp3) is 0. The molecule has 1 heterocycles. The number of anilines is 3. The van der Waals surface area contributed by atoms with Gasteiger partial charge >= 0.3 is 0 Å². The van der Waals surface area contributed by atoms with E-state index in [1.807, 2.05) is 11.3 Å². The largest absolute Gasteiger partial charge is 0.309 e. The molecule has 0 radical (unpaired) electrons. The first-order valence-corrected chi connectivity index (χ1v) is 20.6. The van der Waals surface area contributed by atoms with Crippen LogP contribution in [-0.4, -0.2) is 0 Å². The smallest absolute Gasteiger partial charge is 0.0640 e. The van der Waals surface area contributed by atoms with Crippen LogP contribution in [0, 0.1) is 0 Å². The van der Waals surface area contributed by atoms with E-state index in [1.165, 1.54) is 91.9 Å². The third-order valence-corrected chi connectivity index (χ3v) is 12.7. The highest BCUT2D eigenvalue weighted by Gasteiger charge is 2.19. The summed E-state index contributed by atoms with van der Waals surface area (Å²) >= 11 is 1.87. The van der Waals surface area contributed by atoms with Gasteiger partial charge in [0, 0.05) is 26.8 Å². The van der Waals surface area contributed by atoms with Crippen LogP contribution in [0.25, 0.3) is 86.2 Å². The van der Waals surface area contributed by atoms with Crippen LogP contribution in [0.5, 0.6) is 0 Å². The fourth-order valence-electron chi connectivity index (χ4n) is 8.61. The van der Waals surface area contributed by atoms with E-state index >= 15 is 0 Å². The zero-order valence-electron chi connectivity index (χ0n) is 31.7. The number of nitrogens with zero attached hydrogens (tertiary/aromatic N) is 1. The molecule has 0 aliphatic rings. The van der Waals surface area contributed by atoms with Crippen molar-refractivity contribution >= 4 is 70.1 Å². The minimum absolute atomic E-state index is 1.12. The average molecular weight is 756 g/mol. The zero-order valence-corrected chi connectivity index (χ0v) is 32.5. The molecule has 11 rings (SSSR count). The van der Waals surface area contributed by atoms with Gasteiger partial charge in [-0.25, -0.2) is 0 Å². The summed E-state index contributed by atoms with van der Waals surface area (Å²) in [5.41, 5.74) is 13.2. The number of fused-ring (bicyclic) bond motifs is 5. The summed E-state index contributed by atoms with van der Waals surface area (Å²) in [6, 6.07) is 81.9. The summed E-state index contributed by atoms with van der Waals surface area (Å²) in [5, 5.41) is 7.59. The minimum Gasteiger partial charge on any atom is -0.309 e. The summed E-state index contributed by atoms with van der Waals surface area (Å²) < 4.78 is 2.58. The normalized spacial score (nSPS) is 11.4. The van der Waals surface area contributed by atoms with Gasteiger partial charge in [-0.05, 0) is 121 Å². The van der Waals surface area contributed by atoms with E-state index in [2.05, 4.69) is 229 Å². The van der Waals surface area contributed by atoms with E-state index in [1.54, 1.807) is 0 Å². The first-order chi connectivity index (χ1) is 28.7. The average Bonchev–Trinajstić information content (AvgIpc) is 3.69. The van der Waals surface area contributed by atoms with Gasteiger partial charge in [0.1, 0.15) is 0 Å². The molecule has 1 aromatic heterocycles. The molecular formula is C56H37NS. The van der Waals surface area contributed by atoms with Crippen molar-refractivity contribution < 1.29 is 0 Å². The van der Waals surface area contributed by atoms with Crippen LogP contribution in [0.3, 0.4) is 0 Å². The van der Waals surface area contributed by atoms with Crippen LogP contribution in [0.4, 0.5) is 17.1 Å². The maximum atomic E-state index is 2.42. The van der Waals surface area contributed by atoms with Gasteiger partial charge in [-0.15, -0.1) is 11.3 Å². The third-order valence-electron chi connectivity index (χ3n) is 11.5. The van der Waals surface area contributed by atoms with Crippen LogP contribution in [0.1, 0.15) is 0 Å². The van der Waals surface area contributed by atoms with Gasteiger partial charge < -0.3 is 4.90 Å². The standard InChI is InChI=1S/C56H37NS/c1-3-13-40(14-4-1)48-21-11-18-44-35-42(29-34-50(44)48)38-25-30-46(31-26-38)57(54-23-12-22-52-51-20-9-10-24-55(51)58-56(52)54)47-32-27-39(28-33-47)45-36-43-17-7-8-19-49(43)53(37-45)41-15-5-2-6-16-41/h1-37H. The van der Waals surface area contributed by atoms with Gasteiger partial charge in [-0.2, -0.15) is 0 Å². The highest BCUT2D eigenvalue weighted by atomic mass is 32.1. The Balaban J connectivity index is 1.01. The van der Waals surface area contributed by atoms with Crippen molar-refractivity contribution in [3.63, 3.8) is 0 Å². The van der Waals surface area contributed by atoms with E-state index < -0.39 is 0 Å². The second kappa shape index (κ2) is 14.4. The minimum atomic E-state index is 1.12. The summed E-state index contributed by atoms with van der Waals surface area (Å²) in [4.78, 5) is 2.42. The molecule has 2 heteroatoms. The molecule has 0 unspecified atom stereocenters. The van der Waals surface area contributed by atoms with Crippen molar-refractivity contribution in [1.82, 2.24) is 0 Å². The SMILES string of the molecule is c1ccc(-c2cccc3cc(-c4ccc(N(c5ccc(-c6cc(-c7ccccc7)c7ccccc7c6)cc5)c5cccc6c5sc5ccccc56)cc4)ccc23)cc1. The van der Waals surface area contributed by atoms with Gasteiger partial charge in [-0.3, -0.25) is 0 Å². The van der Waals surface area contributed by atoms with Crippen LogP contribution in [-0.2, 0) is 0 Å². The highest BCUT2D eigenvalue weighted by Crippen LogP contribution is 2.45. The molecule has 0 aliphatic carbocycles. The number of benzene rings is 10. The summed E-state index contributed by atoms with van der Waals surface area (Å²) in [7, 11) is 0. The monoisotopic (exact) mass is 755 g/mol. The van der Waals surface area contributed by atoms with Crippen molar-refractivity contribution in [2.75, 3.05) is 4.90 Å². The molecule has 0 atom stereocenters. The molecule has 11 aromatic rings. The molecule has 1 nitrogen and oxygen atoms in total. The molecule has 10 aromatic carbocycles. The first-order valence-electron chi connectivity index (χ1n) is 19.8. The third kappa shape index (κ3) is 6.03. The lowest BCUT2D eigenvalue weighted by Gasteiger charge is -2.26. The summed E-state index contributed by atoms with van der Waals surface area (Å²) in [6.07, 6.45) is 0. The van der Waals surface area contributed by atoms with Crippen LogP contribution < -0.4 is 4.90 Å². The second-order valence-electron chi connectivity index (χ2n) is 14.9. The highest BCUT2D eigenvalue weighted by molar-refractivity contribution is 7.26. The Labute approximate surface area is 342 Å². The summed E-state index contributed by atoms with van der Waals surface area (Å²) in [6.45, 7) is 0. The quantitative estimate of drug-likeness (QED) is 0.157. The molecule has 0 N–H and O–H groups in total. The van der Waals surface area contributed by atoms with Crippen molar-refractivity contribution in [2.24, 2.45) is 0 Å². The number of hydrogen-bond acceptors (Lipinski definition) is 2. The molecule has 0 bridgehead atoms. The van der Waals surface area contributed by atoms with Gasteiger partial charge in [0.15, 0.2) is 0 Å². The van der Waals surface area contributed by atoms with Gasteiger partial charge in [0.2, 0.25) is 0 Å². The molecule has 0 saturated carbocycles. The van der Waals surface area contributed by atoms with Crippen LogP contribution >= 0.6 is 11.3 Å². The Morgan fingerprint density at radius 1 is 0.293 bits per heavy atom. The predicted octanol–water partition coefficient (Wildman–Crippen LogP) is 16.5. The number of hydrogen-bond donors (Lipinski definition) is 0. The lowest BCUT2D eigenvalue weighted by Crippen LogP contribution is -2.10. The van der Waals surface area contributed by atoms with E-state index in [0.29, 0.717) is 0 Å². The Hall–Kier alpha value is -7.26. The molecular weight excluding hydrogens is 719 g/mol. The number of rotatable bonds is 7. The Bertz CT molecular complexity index is 3250. The molecule has 0 amide bonds. The van der Waals surface area contributed by atoms with E-state index in [9.17, 15) is 0 Å². The van der Waals surface area contributed by atoms with Crippen molar-refractivity contribution in [2.45, 2.75) is 0 Å². The fourth-order valence-corrected chi connectivity index (χ4v) is 9.81. The van der Waals surface area contributed by atoms with Crippen molar-refractivity contribution in [1.29, 1.82) is 0 Å². The molecule has 0 spiro atoms. The lowest BCUT2D eigenvalue weighted by atomic mass is 9.93. The molecule has 0 fully saturated rings. The van der Waals surface area contributed by atoms with Crippen LogP contribution in [0.15, 0.2) is 224 Å². The Morgan fingerprint density at radius 3 is 1.53 bits per heavy atom. The van der Waals surface area contributed by atoms with E-state index in [-0.39, 0.29) is 0 Å². The Morgan fingerprint density at radius 2 is 0.810 bits per heavy atom. The first kappa shape index (κ1) is 34.0. The maximum absolute atomic E-state index is 2.42. The lowest BCUT2D eigenvalue weighted by molar-refractivity contribution is 1.30. The molecule has 272 valence electrons. The van der Waals surface area contributed by atoms with Gasteiger partial charge in [-0.1, -0.05) is 170 Å². The van der Waals surface area contributed by atoms with Crippen LogP contribution in [0.2, 0.25) is 0 Å². The van der Waals surface area contributed by atoms with Crippen molar-refractivity contribution in [3.8, 4) is 44.5 Å². The van der Waals surface area contributed by atoms with Gasteiger partial charge in [0.05, 0.1) is 10.4 Å². The van der Waals surface area contributed by atoms with Crippen molar-refractivity contribution in [3.05, 3.63) is 224 Å². The topological polar surface area (TPSA) is 3.24 Å². The summed E-state index contributed by atoms with van der Waals surface area (Å²) in [5.74, 6) is 0. The molecule has 0 saturated heterocycles. The predicted molar refractivity (Wildman–Crippen MR) is 251 cm³/mol. The molecule has 58 heavy (non-hydrogen) atoms. The second-order valence-corrected chi connectivity index (χ2v) is 16.0. The Kier molecular flexibility index (Phi) is 8.42. The maximum Gasteiger partial charge on any atom is 0.0640 e.